The first-order valence-corrected chi connectivity index (χ1v) is 10.7. The van der Waals surface area contributed by atoms with Crippen molar-refractivity contribution in [3.8, 4) is 16.5 Å². The molecule has 1 N–H and O–H groups in total. The van der Waals surface area contributed by atoms with Gasteiger partial charge < -0.3 is 10.1 Å². The van der Waals surface area contributed by atoms with Crippen molar-refractivity contribution in [2.24, 2.45) is 0 Å². The number of thiazole rings is 1. The number of ether oxygens (including phenoxy) is 1. The van der Waals surface area contributed by atoms with Crippen LogP contribution in [0, 0.1) is 0 Å². The summed E-state index contributed by atoms with van der Waals surface area (Å²) in [6, 6.07) is 6.15. The maximum Gasteiger partial charge on any atom is 0.433 e. The molecular weight excluding hydrogens is 459 g/mol. The van der Waals surface area contributed by atoms with Gasteiger partial charge in [0.1, 0.15) is 11.4 Å². The highest BCUT2D eigenvalue weighted by molar-refractivity contribution is 7.12. The molecule has 0 saturated carbocycles. The number of halogens is 3. The van der Waals surface area contributed by atoms with E-state index in [9.17, 15) is 18.0 Å². The first-order valence-electron chi connectivity index (χ1n) is 9.82. The topological polar surface area (TPSA) is 99.8 Å². The van der Waals surface area contributed by atoms with Gasteiger partial charge in [0.05, 0.1) is 30.7 Å². The lowest BCUT2D eigenvalue weighted by molar-refractivity contribution is -0.142. The maximum absolute atomic E-state index is 13.2. The molecule has 0 unspecified atom stereocenters. The SMILES string of the molecule is CCOCCn1cc(NC(=O)c2csc(-n3nccc3C(F)(F)F)n2)c(-c2ccccn2)n1. The Morgan fingerprint density at radius 1 is 1.24 bits per heavy atom. The maximum atomic E-state index is 13.2. The molecular formula is C20H18F3N7O2S. The van der Waals surface area contributed by atoms with Crippen molar-refractivity contribution < 1.29 is 22.7 Å². The van der Waals surface area contributed by atoms with Gasteiger partial charge in [0.25, 0.3) is 5.91 Å². The van der Waals surface area contributed by atoms with Crippen LogP contribution in [0.3, 0.4) is 0 Å². The minimum atomic E-state index is -4.60. The molecule has 33 heavy (non-hydrogen) atoms. The number of aromatic nitrogens is 6. The largest absolute Gasteiger partial charge is 0.433 e. The Morgan fingerprint density at radius 3 is 2.82 bits per heavy atom. The minimum Gasteiger partial charge on any atom is -0.380 e. The number of nitrogens with zero attached hydrogens (tertiary/aromatic N) is 6. The van der Waals surface area contributed by atoms with E-state index in [0.29, 0.717) is 41.5 Å². The highest BCUT2D eigenvalue weighted by Gasteiger charge is 2.36. The van der Waals surface area contributed by atoms with Crippen molar-refractivity contribution in [2.75, 3.05) is 18.5 Å². The Labute approximate surface area is 189 Å². The van der Waals surface area contributed by atoms with Crippen LogP contribution < -0.4 is 5.32 Å². The van der Waals surface area contributed by atoms with Crippen LogP contribution in [0.15, 0.2) is 48.2 Å². The van der Waals surface area contributed by atoms with Gasteiger partial charge in [-0.3, -0.25) is 14.5 Å². The van der Waals surface area contributed by atoms with Gasteiger partial charge in [-0.15, -0.1) is 11.3 Å². The summed E-state index contributed by atoms with van der Waals surface area (Å²) in [6.07, 6.45) is -0.323. The zero-order valence-corrected chi connectivity index (χ0v) is 18.1. The Bertz CT molecular complexity index is 1230. The molecule has 4 aromatic rings. The highest BCUT2D eigenvalue weighted by atomic mass is 32.1. The van der Waals surface area contributed by atoms with Crippen LogP contribution in [-0.2, 0) is 17.5 Å². The molecule has 0 aliphatic carbocycles. The number of nitrogens with one attached hydrogen (secondary N) is 1. The average molecular weight is 477 g/mol. The van der Waals surface area contributed by atoms with E-state index in [1.807, 2.05) is 6.92 Å². The first-order chi connectivity index (χ1) is 15.9. The fourth-order valence-corrected chi connectivity index (χ4v) is 3.72. The number of pyridine rings is 1. The third kappa shape index (κ3) is 5.09. The van der Waals surface area contributed by atoms with Crippen LogP contribution in [0.4, 0.5) is 18.9 Å². The summed E-state index contributed by atoms with van der Waals surface area (Å²) in [5, 5.41) is 12.2. The first kappa shape index (κ1) is 22.6. The van der Waals surface area contributed by atoms with Gasteiger partial charge in [0.15, 0.2) is 5.69 Å². The fourth-order valence-electron chi connectivity index (χ4n) is 2.94. The van der Waals surface area contributed by atoms with Crippen LogP contribution in [0.5, 0.6) is 0 Å². The summed E-state index contributed by atoms with van der Waals surface area (Å²) >= 11 is 0.875. The molecule has 4 heterocycles. The molecule has 13 heteroatoms. The monoisotopic (exact) mass is 477 g/mol. The number of rotatable bonds is 8. The molecule has 0 bridgehead atoms. The van der Waals surface area contributed by atoms with Gasteiger partial charge in [0, 0.05) is 24.4 Å². The van der Waals surface area contributed by atoms with Crippen LogP contribution in [0.2, 0.25) is 0 Å². The molecule has 1 amide bonds. The van der Waals surface area contributed by atoms with Crippen LogP contribution >= 0.6 is 11.3 Å². The van der Waals surface area contributed by atoms with E-state index in [0.717, 1.165) is 23.6 Å². The minimum absolute atomic E-state index is 0.0485. The molecule has 4 aromatic heterocycles. The summed E-state index contributed by atoms with van der Waals surface area (Å²) < 4.78 is 47.1. The summed E-state index contributed by atoms with van der Waals surface area (Å²) in [6.45, 7) is 3.35. The van der Waals surface area contributed by atoms with E-state index in [4.69, 9.17) is 4.74 Å². The summed E-state index contributed by atoms with van der Waals surface area (Å²) in [4.78, 5) is 21.1. The predicted molar refractivity (Wildman–Crippen MR) is 114 cm³/mol. The lowest BCUT2D eigenvalue weighted by atomic mass is 10.2. The summed E-state index contributed by atoms with van der Waals surface area (Å²) in [5.74, 6) is -0.597. The normalized spacial score (nSPS) is 11.6. The zero-order valence-electron chi connectivity index (χ0n) is 17.3. The van der Waals surface area contributed by atoms with E-state index in [1.165, 1.54) is 5.38 Å². The van der Waals surface area contributed by atoms with Gasteiger partial charge in [-0.25, -0.2) is 9.67 Å². The van der Waals surface area contributed by atoms with Gasteiger partial charge in [0.2, 0.25) is 5.13 Å². The second-order valence-electron chi connectivity index (χ2n) is 6.66. The Hall–Kier alpha value is -3.58. The van der Waals surface area contributed by atoms with Gasteiger partial charge in [-0.2, -0.15) is 23.4 Å². The van der Waals surface area contributed by atoms with Crippen molar-refractivity contribution in [3.05, 3.63) is 59.6 Å². The number of amides is 1. The summed E-state index contributed by atoms with van der Waals surface area (Å²) in [7, 11) is 0. The van der Waals surface area contributed by atoms with Crippen molar-refractivity contribution >= 4 is 22.9 Å². The van der Waals surface area contributed by atoms with Crippen molar-refractivity contribution in [2.45, 2.75) is 19.6 Å². The number of hydrogen-bond donors (Lipinski definition) is 1. The number of hydrogen-bond acceptors (Lipinski definition) is 7. The number of carbonyl (C=O) groups excluding carboxylic acids is 1. The third-order valence-corrected chi connectivity index (χ3v) is 5.24. The van der Waals surface area contributed by atoms with Gasteiger partial charge in [-0.05, 0) is 25.1 Å². The van der Waals surface area contributed by atoms with E-state index in [1.54, 1.807) is 35.3 Å². The Balaban J connectivity index is 1.58. The predicted octanol–water partition coefficient (Wildman–Crippen LogP) is 3.89. The second-order valence-corrected chi connectivity index (χ2v) is 7.50. The lowest BCUT2D eigenvalue weighted by Crippen LogP contribution is -2.15. The fraction of sp³-hybridized carbons (Fsp3) is 0.250. The molecule has 0 aromatic carbocycles. The molecule has 0 spiro atoms. The third-order valence-electron chi connectivity index (χ3n) is 4.43. The van der Waals surface area contributed by atoms with Crippen molar-refractivity contribution in [3.63, 3.8) is 0 Å². The number of carbonyl (C=O) groups is 1. The van der Waals surface area contributed by atoms with E-state index < -0.39 is 17.8 Å². The van der Waals surface area contributed by atoms with Crippen molar-refractivity contribution in [1.82, 2.24) is 29.5 Å². The quantitative estimate of drug-likeness (QED) is 0.387. The van der Waals surface area contributed by atoms with Gasteiger partial charge in [-0.1, -0.05) is 6.07 Å². The van der Waals surface area contributed by atoms with Crippen LogP contribution in [0.1, 0.15) is 23.1 Å². The molecule has 9 nitrogen and oxygen atoms in total. The molecule has 4 rings (SSSR count). The highest BCUT2D eigenvalue weighted by Crippen LogP contribution is 2.31. The van der Waals surface area contributed by atoms with Crippen molar-refractivity contribution in [1.29, 1.82) is 0 Å². The average Bonchev–Trinajstić information content (AvgIpc) is 3.53. The lowest BCUT2D eigenvalue weighted by Gasteiger charge is -2.07. The number of anilines is 1. The molecule has 0 radical (unpaired) electrons. The molecule has 0 aliphatic heterocycles. The van der Waals surface area contributed by atoms with Crippen LogP contribution in [0.25, 0.3) is 16.5 Å². The molecule has 0 atom stereocenters. The van der Waals surface area contributed by atoms with E-state index in [2.05, 4.69) is 25.5 Å². The number of alkyl halides is 3. The molecule has 0 fully saturated rings. The standard InChI is InChI=1S/C20H18F3N7O2S/c1-2-32-10-9-29-11-14(17(28-29)13-5-3-4-7-24-13)26-18(31)15-12-33-19(27-15)30-16(6-8-25-30)20(21,22)23/h3-8,11-12H,2,9-10H2,1H3,(H,26,31). The smallest absolute Gasteiger partial charge is 0.380 e. The van der Waals surface area contributed by atoms with Gasteiger partial charge >= 0.3 is 6.18 Å². The summed E-state index contributed by atoms with van der Waals surface area (Å²) in [5.41, 5.74) is 0.361. The zero-order chi connectivity index (χ0) is 23.4. The van der Waals surface area contributed by atoms with Crippen LogP contribution in [-0.4, -0.2) is 48.6 Å². The Kier molecular flexibility index (Phi) is 6.51. The Morgan fingerprint density at radius 2 is 2.09 bits per heavy atom. The molecule has 0 aliphatic rings. The second kappa shape index (κ2) is 9.50. The molecule has 172 valence electrons. The van der Waals surface area contributed by atoms with E-state index >= 15 is 0 Å². The van der Waals surface area contributed by atoms with E-state index in [-0.39, 0.29) is 10.8 Å². The molecule has 0 saturated heterocycles.